The van der Waals surface area contributed by atoms with Gasteiger partial charge in [0, 0.05) is 0 Å². The van der Waals surface area contributed by atoms with E-state index in [1.807, 2.05) is 19.1 Å². The average Bonchev–Trinajstić information content (AvgIpc) is 2.45. The lowest BCUT2D eigenvalue weighted by atomic mass is 10.2. The molecule has 6 heteroatoms. The molecule has 1 aliphatic heterocycles. The van der Waals surface area contributed by atoms with Crippen molar-refractivity contribution >= 4 is 27.5 Å². The Balaban J connectivity index is 1.61. The summed E-state index contributed by atoms with van der Waals surface area (Å²) in [6.07, 6.45) is 0. The Morgan fingerprint density at radius 1 is 1.24 bits per heavy atom. The normalized spacial score (nSPS) is 16.1. The molecule has 4 nitrogen and oxygen atoms in total. The van der Waals surface area contributed by atoms with Gasteiger partial charge in [-0.25, -0.2) is 0 Å². The van der Waals surface area contributed by atoms with Crippen molar-refractivity contribution in [3.8, 4) is 5.75 Å². The summed E-state index contributed by atoms with van der Waals surface area (Å²) in [4.78, 5) is 1.55. The fourth-order valence-corrected chi connectivity index (χ4v) is 3.39. The number of hydrogen-bond acceptors (Lipinski definition) is 3. The molecule has 1 saturated heterocycles. The minimum atomic E-state index is 0.500. The van der Waals surface area contributed by atoms with Crippen LogP contribution in [0.5, 0.6) is 5.75 Å². The van der Waals surface area contributed by atoms with Crippen molar-refractivity contribution in [2.45, 2.75) is 6.92 Å². The molecule has 1 fully saturated rings. The van der Waals surface area contributed by atoms with Crippen molar-refractivity contribution in [1.82, 2.24) is 0 Å². The number of ether oxygens (including phenoxy) is 3. The maximum absolute atomic E-state index is 6.17. The lowest BCUT2D eigenvalue weighted by molar-refractivity contribution is -0.908. The minimum absolute atomic E-state index is 0.500. The van der Waals surface area contributed by atoms with Gasteiger partial charge in [0.1, 0.15) is 26.2 Å². The third kappa shape index (κ3) is 5.75. The van der Waals surface area contributed by atoms with Crippen LogP contribution in [0.25, 0.3) is 0 Å². The third-order valence-electron chi connectivity index (χ3n) is 3.42. The second kappa shape index (κ2) is 8.96. The molecule has 2 rings (SSSR count). The molecular formula is C15H22BrClNO3+. The highest BCUT2D eigenvalue weighted by molar-refractivity contribution is 9.10. The SMILES string of the molecule is Cc1cc(Cl)c(OCCOCC[NH+]2CCOCC2)c(Br)c1. The summed E-state index contributed by atoms with van der Waals surface area (Å²) in [5.41, 5.74) is 1.10. The summed E-state index contributed by atoms with van der Waals surface area (Å²) in [5, 5.41) is 0.625. The van der Waals surface area contributed by atoms with Gasteiger partial charge < -0.3 is 19.1 Å². The highest BCUT2D eigenvalue weighted by Gasteiger charge is 2.13. The number of quaternary nitrogens is 1. The zero-order valence-corrected chi connectivity index (χ0v) is 14.6. The molecule has 0 spiro atoms. The molecule has 21 heavy (non-hydrogen) atoms. The average molecular weight is 380 g/mol. The lowest BCUT2D eigenvalue weighted by Crippen LogP contribution is -3.14. The van der Waals surface area contributed by atoms with Gasteiger partial charge in [-0.2, -0.15) is 0 Å². The number of morpholine rings is 1. The molecule has 0 radical (unpaired) electrons. The number of halogens is 2. The monoisotopic (exact) mass is 378 g/mol. The molecule has 118 valence electrons. The zero-order valence-electron chi connectivity index (χ0n) is 12.3. The molecule has 1 aromatic rings. The van der Waals surface area contributed by atoms with E-state index in [4.69, 9.17) is 25.8 Å². The molecule has 1 heterocycles. The van der Waals surface area contributed by atoms with Gasteiger partial charge in [-0.1, -0.05) is 11.6 Å². The molecule has 0 unspecified atom stereocenters. The molecule has 1 N–H and O–H groups in total. The molecule has 0 saturated carbocycles. The van der Waals surface area contributed by atoms with E-state index in [0.717, 1.165) is 49.5 Å². The summed E-state index contributed by atoms with van der Waals surface area (Å²) in [6, 6.07) is 3.88. The van der Waals surface area contributed by atoms with Crippen LogP contribution in [0.2, 0.25) is 5.02 Å². The van der Waals surface area contributed by atoms with E-state index in [1.165, 1.54) is 0 Å². The van der Waals surface area contributed by atoms with E-state index in [2.05, 4.69) is 15.9 Å². The molecule has 0 amide bonds. The maximum atomic E-state index is 6.17. The third-order valence-corrected chi connectivity index (χ3v) is 4.29. The van der Waals surface area contributed by atoms with Gasteiger partial charge in [0.05, 0.1) is 35.9 Å². The Morgan fingerprint density at radius 2 is 2.00 bits per heavy atom. The van der Waals surface area contributed by atoms with Gasteiger partial charge >= 0.3 is 0 Å². The smallest absolute Gasteiger partial charge is 0.152 e. The Morgan fingerprint density at radius 3 is 2.71 bits per heavy atom. The Bertz CT molecular complexity index is 430. The molecular weight excluding hydrogens is 358 g/mol. The Hall–Kier alpha value is -0.330. The van der Waals surface area contributed by atoms with Crippen molar-refractivity contribution in [2.24, 2.45) is 0 Å². The van der Waals surface area contributed by atoms with Crippen LogP contribution in [0.1, 0.15) is 5.56 Å². The first kappa shape index (κ1) is 17.0. The zero-order chi connectivity index (χ0) is 15.1. The van der Waals surface area contributed by atoms with E-state index < -0.39 is 0 Å². The summed E-state index contributed by atoms with van der Waals surface area (Å²) in [6.45, 7) is 8.71. The first-order chi connectivity index (χ1) is 10.2. The second-order valence-electron chi connectivity index (χ2n) is 5.13. The van der Waals surface area contributed by atoms with Gasteiger partial charge in [-0.3, -0.25) is 0 Å². The minimum Gasteiger partial charge on any atom is -0.488 e. The lowest BCUT2D eigenvalue weighted by Gasteiger charge is -2.23. The van der Waals surface area contributed by atoms with Crippen molar-refractivity contribution < 1.29 is 19.1 Å². The van der Waals surface area contributed by atoms with E-state index in [1.54, 1.807) is 4.90 Å². The van der Waals surface area contributed by atoms with E-state index in [-0.39, 0.29) is 0 Å². The van der Waals surface area contributed by atoms with Gasteiger partial charge in [0.15, 0.2) is 5.75 Å². The largest absolute Gasteiger partial charge is 0.488 e. The van der Waals surface area contributed by atoms with Crippen molar-refractivity contribution in [2.75, 3.05) is 52.7 Å². The van der Waals surface area contributed by atoms with E-state index in [0.29, 0.717) is 24.0 Å². The van der Waals surface area contributed by atoms with Crippen LogP contribution in [0.15, 0.2) is 16.6 Å². The first-order valence-electron chi connectivity index (χ1n) is 7.24. The van der Waals surface area contributed by atoms with Crippen molar-refractivity contribution in [3.05, 3.63) is 27.2 Å². The predicted molar refractivity (Wildman–Crippen MR) is 86.6 cm³/mol. The number of nitrogens with one attached hydrogen (secondary N) is 1. The van der Waals surface area contributed by atoms with Gasteiger partial charge in [0.2, 0.25) is 0 Å². The Kier molecular flexibility index (Phi) is 7.26. The molecule has 1 aliphatic rings. The molecule has 0 bridgehead atoms. The highest BCUT2D eigenvalue weighted by atomic mass is 79.9. The Labute approximate surface area is 139 Å². The number of aryl methyl sites for hydroxylation is 1. The second-order valence-corrected chi connectivity index (χ2v) is 6.39. The van der Waals surface area contributed by atoms with E-state index >= 15 is 0 Å². The van der Waals surface area contributed by atoms with Gasteiger partial charge in [-0.05, 0) is 40.5 Å². The van der Waals surface area contributed by atoms with Crippen LogP contribution in [-0.2, 0) is 9.47 Å². The van der Waals surface area contributed by atoms with Gasteiger partial charge in [0.25, 0.3) is 0 Å². The predicted octanol–water partition coefficient (Wildman–Crippen LogP) is 1.72. The summed E-state index contributed by atoms with van der Waals surface area (Å²) >= 11 is 9.63. The van der Waals surface area contributed by atoms with Crippen LogP contribution in [0.4, 0.5) is 0 Å². The molecule has 0 aromatic heterocycles. The molecule has 0 aliphatic carbocycles. The topological polar surface area (TPSA) is 32.1 Å². The van der Waals surface area contributed by atoms with Crippen LogP contribution in [0.3, 0.4) is 0 Å². The standard InChI is InChI=1S/C15H21BrClNO3/c1-12-10-13(16)15(14(17)11-12)21-9-8-20-7-4-18-2-5-19-6-3-18/h10-11H,2-9H2,1H3/p+1. The van der Waals surface area contributed by atoms with Gasteiger partial charge in [-0.15, -0.1) is 0 Å². The fraction of sp³-hybridized carbons (Fsp3) is 0.600. The van der Waals surface area contributed by atoms with Crippen molar-refractivity contribution in [3.63, 3.8) is 0 Å². The number of rotatable bonds is 7. The van der Waals surface area contributed by atoms with Crippen LogP contribution in [0, 0.1) is 6.92 Å². The summed E-state index contributed by atoms with van der Waals surface area (Å²) < 4.78 is 17.5. The quantitative estimate of drug-likeness (QED) is 0.732. The summed E-state index contributed by atoms with van der Waals surface area (Å²) in [7, 11) is 0. The van der Waals surface area contributed by atoms with Crippen molar-refractivity contribution in [1.29, 1.82) is 0 Å². The molecule has 0 atom stereocenters. The van der Waals surface area contributed by atoms with E-state index in [9.17, 15) is 0 Å². The van der Waals surface area contributed by atoms with Crippen LogP contribution >= 0.6 is 27.5 Å². The first-order valence-corrected chi connectivity index (χ1v) is 8.41. The highest BCUT2D eigenvalue weighted by Crippen LogP contribution is 2.34. The van der Waals surface area contributed by atoms with Crippen LogP contribution in [-0.4, -0.2) is 52.7 Å². The molecule has 1 aromatic carbocycles. The fourth-order valence-electron chi connectivity index (χ4n) is 2.26. The number of benzene rings is 1. The summed E-state index contributed by atoms with van der Waals surface area (Å²) in [5.74, 6) is 0.685. The maximum Gasteiger partial charge on any atom is 0.152 e. The number of hydrogen-bond donors (Lipinski definition) is 1. The van der Waals surface area contributed by atoms with Crippen LogP contribution < -0.4 is 9.64 Å².